The number of hydrogen-bond donors (Lipinski definition) is 0. The van der Waals surface area contributed by atoms with E-state index in [1.165, 1.54) is 0 Å². The van der Waals surface area contributed by atoms with E-state index in [9.17, 15) is 4.79 Å². The fourth-order valence-electron chi connectivity index (χ4n) is 2.36. The van der Waals surface area contributed by atoms with Crippen molar-refractivity contribution in [2.75, 3.05) is 13.7 Å². The second-order valence-corrected chi connectivity index (χ2v) is 5.31. The van der Waals surface area contributed by atoms with Gasteiger partial charge in [-0.3, -0.25) is 0 Å². The number of rotatable bonds is 4. The molecule has 0 aliphatic rings. The molecule has 23 heavy (non-hydrogen) atoms. The zero-order valence-electron chi connectivity index (χ0n) is 12.7. The third-order valence-electron chi connectivity index (χ3n) is 3.41. The van der Waals surface area contributed by atoms with Crippen LogP contribution in [0.3, 0.4) is 0 Å². The first-order chi connectivity index (χ1) is 11.1. The van der Waals surface area contributed by atoms with Crippen LogP contribution in [0.2, 0.25) is 5.02 Å². The van der Waals surface area contributed by atoms with Crippen LogP contribution >= 0.6 is 11.6 Å². The van der Waals surface area contributed by atoms with Gasteiger partial charge in [0.15, 0.2) is 5.69 Å². The highest BCUT2D eigenvalue weighted by Crippen LogP contribution is 2.32. The Morgan fingerprint density at radius 1 is 1.26 bits per heavy atom. The van der Waals surface area contributed by atoms with Crippen LogP contribution in [0.15, 0.2) is 42.7 Å². The maximum Gasteiger partial charge on any atom is 0.358 e. The van der Waals surface area contributed by atoms with Gasteiger partial charge in [-0.25, -0.2) is 9.78 Å². The Hall–Kier alpha value is -2.53. The lowest BCUT2D eigenvalue weighted by Gasteiger charge is -2.09. The number of carbonyl (C=O) groups is 1. The van der Waals surface area contributed by atoms with Gasteiger partial charge in [0.2, 0.25) is 0 Å². The first-order valence-corrected chi connectivity index (χ1v) is 7.50. The fourth-order valence-corrected chi connectivity index (χ4v) is 2.53. The molecule has 0 fully saturated rings. The van der Waals surface area contributed by atoms with Crippen LogP contribution < -0.4 is 4.74 Å². The Bertz CT molecular complexity index is 873. The van der Waals surface area contributed by atoms with Gasteiger partial charge in [0.25, 0.3) is 0 Å². The molecule has 0 N–H and O–H groups in total. The van der Waals surface area contributed by atoms with Crippen molar-refractivity contribution in [2.24, 2.45) is 0 Å². The number of imidazole rings is 1. The Labute approximate surface area is 138 Å². The standard InChI is InChI=1S/C17H15ClN2O3/c1-3-23-17(21)14-10-20-9-11(4-7-16(20)19-14)13-8-12(18)5-6-15(13)22-2/h4-10H,3H2,1-2H3. The fraction of sp³-hybridized carbons (Fsp3) is 0.176. The van der Waals surface area contributed by atoms with Crippen LogP contribution in [-0.4, -0.2) is 29.1 Å². The molecular formula is C17H15ClN2O3. The summed E-state index contributed by atoms with van der Waals surface area (Å²) in [7, 11) is 1.61. The van der Waals surface area contributed by atoms with Crippen LogP contribution in [0, 0.1) is 0 Å². The molecule has 0 spiro atoms. The van der Waals surface area contributed by atoms with Gasteiger partial charge in [0.1, 0.15) is 11.4 Å². The van der Waals surface area contributed by atoms with Gasteiger partial charge in [-0.05, 0) is 37.3 Å². The monoisotopic (exact) mass is 330 g/mol. The molecule has 2 aromatic heterocycles. The Morgan fingerprint density at radius 3 is 2.83 bits per heavy atom. The van der Waals surface area contributed by atoms with E-state index in [0.29, 0.717) is 17.3 Å². The third-order valence-corrected chi connectivity index (χ3v) is 3.64. The highest BCUT2D eigenvalue weighted by atomic mass is 35.5. The van der Waals surface area contributed by atoms with E-state index >= 15 is 0 Å². The van der Waals surface area contributed by atoms with Crippen molar-refractivity contribution in [3.8, 4) is 16.9 Å². The van der Waals surface area contributed by atoms with Crippen molar-refractivity contribution >= 4 is 23.2 Å². The van der Waals surface area contributed by atoms with E-state index < -0.39 is 5.97 Å². The summed E-state index contributed by atoms with van der Waals surface area (Å²) in [6, 6.07) is 9.17. The molecule has 118 valence electrons. The predicted molar refractivity (Wildman–Crippen MR) is 88.1 cm³/mol. The zero-order valence-corrected chi connectivity index (χ0v) is 13.5. The lowest BCUT2D eigenvalue weighted by molar-refractivity contribution is 0.0520. The highest BCUT2D eigenvalue weighted by Gasteiger charge is 2.13. The van der Waals surface area contributed by atoms with Crippen molar-refractivity contribution in [3.63, 3.8) is 0 Å². The molecule has 2 heterocycles. The van der Waals surface area contributed by atoms with E-state index in [4.69, 9.17) is 21.1 Å². The van der Waals surface area contributed by atoms with E-state index in [0.717, 1.165) is 16.9 Å². The molecule has 3 rings (SSSR count). The summed E-state index contributed by atoms with van der Waals surface area (Å²) in [4.78, 5) is 16.0. The van der Waals surface area contributed by atoms with Gasteiger partial charge in [-0.15, -0.1) is 0 Å². The number of esters is 1. The molecule has 0 aliphatic heterocycles. The van der Waals surface area contributed by atoms with Crippen LogP contribution in [0.5, 0.6) is 5.75 Å². The van der Waals surface area contributed by atoms with Crippen LogP contribution in [-0.2, 0) is 4.74 Å². The third kappa shape index (κ3) is 3.00. The van der Waals surface area contributed by atoms with Crippen molar-refractivity contribution in [1.29, 1.82) is 0 Å². The summed E-state index contributed by atoms with van der Waals surface area (Å²) in [5, 5.41) is 0.624. The van der Waals surface area contributed by atoms with Gasteiger partial charge >= 0.3 is 5.97 Å². The molecule has 5 nitrogen and oxygen atoms in total. The largest absolute Gasteiger partial charge is 0.496 e. The van der Waals surface area contributed by atoms with E-state index in [2.05, 4.69) is 4.98 Å². The molecule has 1 aromatic carbocycles. The number of ether oxygens (including phenoxy) is 2. The van der Waals surface area contributed by atoms with Crippen molar-refractivity contribution in [3.05, 3.63) is 53.4 Å². The number of aromatic nitrogens is 2. The predicted octanol–water partition coefficient (Wildman–Crippen LogP) is 3.84. The maximum absolute atomic E-state index is 11.8. The summed E-state index contributed by atoms with van der Waals surface area (Å²) >= 11 is 6.09. The number of benzene rings is 1. The van der Waals surface area contributed by atoms with Crippen LogP contribution in [0.4, 0.5) is 0 Å². The molecule has 0 unspecified atom stereocenters. The smallest absolute Gasteiger partial charge is 0.358 e. The second kappa shape index (κ2) is 6.30. The van der Waals surface area contributed by atoms with Gasteiger partial charge < -0.3 is 13.9 Å². The van der Waals surface area contributed by atoms with Crippen molar-refractivity contribution < 1.29 is 14.3 Å². The number of methoxy groups -OCH3 is 1. The Morgan fingerprint density at radius 2 is 2.09 bits per heavy atom. The molecule has 0 saturated heterocycles. The van der Waals surface area contributed by atoms with E-state index in [1.807, 2.05) is 30.5 Å². The molecule has 0 atom stereocenters. The quantitative estimate of drug-likeness (QED) is 0.682. The first-order valence-electron chi connectivity index (χ1n) is 7.12. The number of nitrogens with zero attached hydrogens (tertiary/aromatic N) is 2. The number of carbonyl (C=O) groups excluding carboxylic acids is 1. The molecule has 0 saturated carbocycles. The lowest BCUT2D eigenvalue weighted by atomic mass is 10.1. The average molecular weight is 331 g/mol. The topological polar surface area (TPSA) is 52.8 Å². The van der Waals surface area contributed by atoms with Crippen LogP contribution in [0.25, 0.3) is 16.8 Å². The summed E-state index contributed by atoms with van der Waals surface area (Å²) in [6.45, 7) is 2.08. The van der Waals surface area contributed by atoms with Gasteiger partial charge in [0, 0.05) is 28.5 Å². The van der Waals surface area contributed by atoms with E-state index in [-0.39, 0.29) is 5.69 Å². The van der Waals surface area contributed by atoms with Gasteiger partial charge in [0.05, 0.1) is 13.7 Å². The maximum atomic E-state index is 11.8. The molecule has 0 radical (unpaired) electrons. The van der Waals surface area contributed by atoms with Crippen molar-refractivity contribution in [1.82, 2.24) is 9.38 Å². The van der Waals surface area contributed by atoms with Gasteiger partial charge in [-0.2, -0.15) is 0 Å². The lowest BCUT2D eigenvalue weighted by Crippen LogP contribution is -2.04. The summed E-state index contributed by atoms with van der Waals surface area (Å²) in [5.74, 6) is 0.289. The number of pyridine rings is 1. The SMILES string of the molecule is CCOC(=O)c1cn2cc(-c3cc(Cl)ccc3OC)ccc2n1. The minimum absolute atomic E-state index is 0.280. The van der Waals surface area contributed by atoms with Gasteiger partial charge in [-0.1, -0.05) is 11.6 Å². The second-order valence-electron chi connectivity index (χ2n) is 4.87. The van der Waals surface area contributed by atoms with Crippen LogP contribution in [0.1, 0.15) is 17.4 Å². The Balaban J connectivity index is 2.07. The number of hydrogen-bond acceptors (Lipinski definition) is 4. The summed E-state index contributed by atoms with van der Waals surface area (Å²) < 4.78 is 12.1. The highest BCUT2D eigenvalue weighted by molar-refractivity contribution is 6.31. The molecule has 0 aliphatic carbocycles. The molecule has 6 heteroatoms. The average Bonchev–Trinajstić information content (AvgIpc) is 2.98. The normalized spacial score (nSPS) is 10.7. The number of halogens is 1. The molecule has 0 amide bonds. The number of fused-ring (bicyclic) bond motifs is 1. The summed E-state index contributed by atoms with van der Waals surface area (Å²) in [6.07, 6.45) is 3.52. The van der Waals surface area contributed by atoms with E-state index in [1.54, 1.807) is 30.7 Å². The zero-order chi connectivity index (χ0) is 16.4. The molecule has 3 aromatic rings. The minimum atomic E-state index is -0.432. The first kappa shape index (κ1) is 15.4. The Kier molecular flexibility index (Phi) is 4.21. The molecular weight excluding hydrogens is 316 g/mol. The molecule has 0 bridgehead atoms. The van der Waals surface area contributed by atoms with Crippen molar-refractivity contribution in [2.45, 2.75) is 6.92 Å². The summed E-state index contributed by atoms with van der Waals surface area (Å²) in [5.41, 5.74) is 2.72. The minimum Gasteiger partial charge on any atom is -0.496 e.